The second kappa shape index (κ2) is 13.6. The van der Waals surface area contributed by atoms with Gasteiger partial charge >= 0.3 is 33.0 Å². The minimum Gasteiger partial charge on any atom is -0.346 e. The van der Waals surface area contributed by atoms with Crippen LogP contribution < -0.4 is 0 Å². The Kier molecular flexibility index (Phi) is 30.5. The summed E-state index contributed by atoms with van der Waals surface area (Å²) in [4.78, 5) is 0. The average molecular weight is 325 g/mol. The molecular formula is C8H20CuF6P-5. The third-order valence-electron chi connectivity index (χ3n) is 0. The molecule has 0 fully saturated rings. The van der Waals surface area contributed by atoms with Crippen molar-refractivity contribution >= 4 is 7.81 Å². The van der Waals surface area contributed by atoms with E-state index in [4.69, 9.17) is 0 Å². The molecule has 0 aromatic heterocycles. The van der Waals surface area contributed by atoms with Crippen LogP contribution in [-0.2, 0) is 17.1 Å². The molecule has 0 saturated carbocycles. The Morgan fingerprint density at radius 1 is 0.500 bits per heavy atom. The van der Waals surface area contributed by atoms with Crippen molar-refractivity contribution < 1.29 is 42.3 Å². The van der Waals surface area contributed by atoms with E-state index >= 15 is 0 Å². The van der Waals surface area contributed by atoms with Crippen LogP contribution in [0.3, 0.4) is 0 Å². The van der Waals surface area contributed by atoms with Gasteiger partial charge in [-0.15, -0.1) is 0 Å². The van der Waals surface area contributed by atoms with E-state index in [0.29, 0.717) is 0 Å². The summed E-state index contributed by atoms with van der Waals surface area (Å²) in [5.74, 6) is 0. The first-order valence-electron chi connectivity index (χ1n) is 3.84. The van der Waals surface area contributed by atoms with Gasteiger partial charge in [0.05, 0.1) is 0 Å². The maximum atomic E-state index is 9.87. The van der Waals surface area contributed by atoms with Crippen molar-refractivity contribution in [2.75, 3.05) is 0 Å². The Morgan fingerprint density at radius 3 is 0.500 bits per heavy atom. The van der Waals surface area contributed by atoms with E-state index in [1.54, 1.807) is 27.7 Å². The van der Waals surface area contributed by atoms with E-state index in [0.717, 1.165) is 0 Å². The molecule has 0 saturated heterocycles. The third kappa shape index (κ3) is 9490. The largest absolute Gasteiger partial charge is 0.346 e. The maximum Gasteiger partial charge on any atom is 0 e. The molecule has 0 aromatic rings. The van der Waals surface area contributed by atoms with Crippen molar-refractivity contribution in [1.82, 2.24) is 0 Å². The normalized spacial score (nSPS) is 11.6. The third-order valence-corrected chi connectivity index (χ3v) is 0. The van der Waals surface area contributed by atoms with Crippen LogP contribution in [0.5, 0.6) is 0 Å². The zero-order chi connectivity index (χ0) is 14.4. The van der Waals surface area contributed by atoms with Crippen LogP contribution in [-0.4, -0.2) is 0 Å². The molecule has 8 heteroatoms. The van der Waals surface area contributed by atoms with Crippen LogP contribution in [0.25, 0.3) is 0 Å². The minimum absolute atomic E-state index is 0. The minimum atomic E-state index is -10.7. The monoisotopic (exact) mass is 324 g/mol. The van der Waals surface area contributed by atoms with Gasteiger partial charge in [-0.05, 0) is 0 Å². The van der Waals surface area contributed by atoms with Crippen molar-refractivity contribution in [3.05, 3.63) is 27.7 Å². The predicted octanol–water partition coefficient (Wildman–Crippen LogP) is 6.74. The van der Waals surface area contributed by atoms with Crippen LogP contribution >= 0.6 is 7.81 Å². The van der Waals surface area contributed by atoms with Gasteiger partial charge in [-0.2, -0.15) is 27.7 Å². The zero-order valence-electron chi connectivity index (χ0n) is 9.84. The molecule has 1 radical (unpaired) electrons. The zero-order valence-corrected chi connectivity index (χ0v) is 11.7. The van der Waals surface area contributed by atoms with E-state index in [2.05, 4.69) is 27.7 Å². The quantitative estimate of drug-likeness (QED) is 0.200. The molecule has 0 aromatic carbocycles. The van der Waals surface area contributed by atoms with Crippen LogP contribution in [0, 0.1) is 27.7 Å². The molecule has 0 rings (SSSR count). The second-order valence-electron chi connectivity index (χ2n) is 0.958. The molecule has 115 valence electrons. The first-order chi connectivity index (χ1) is 6.45. The van der Waals surface area contributed by atoms with Gasteiger partial charge < -0.3 is 27.7 Å². The molecule has 0 aliphatic heterocycles. The summed E-state index contributed by atoms with van der Waals surface area (Å²) in [6.07, 6.45) is 0. The Bertz CT molecular complexity index is 83.1. The molecule has 0 atom stereocenters. The molecule has 0 unspecified atom stereocenters. The summed E-state index contributed by atoms with van der Waals surface area (Å²) in [6.45, 7) is 20.0. The molecule has 0 heterocycles. The van der Waals surface area contributed by atoms with Gasteiger partial charge in [0.1, 0.15) is 0 Å². The summed E-state index contributed by atoms with van der Waals surface area (Å²) in [5.41, 5.74) is 0. The second-order valence-corrected chi connectivity index (χ2v) is 2.87. The summed E-state index contributed by atoms with van der Waals surface area (Å²) in [6, 6.07) is 0. The molecule has 16 heavy (non-hydrogen) atoms. The van der Waals surface area contributed by atoms with Gasteiger partial charge in [0.25, 0.3) is 0 Å². The summed E-state index contributed by atoms with van der Waals surface area (Å²) in [7, 11) is -10.7. The van der Waals surface area contributed by atoms with E-state index < -0.39 is 7.81 Å². The Hall–Kier alpha value is 0.529. The molecule has 0 spiro atoms. The van der Waals surface area contributed by atoms with Crippen molar-refractivity contribution in [3.63, 3.8) is 0 Å². The smallest absolute Gasteiger partial charge is 0 e. The van der Waals surface area contributed by atoms with Gasteiger partial charge in [0, 0.05) is 17.1 Å². The van der Waals surface area contributed by atoms with Gasteiger partial charge in [-0.1, -0.05) is 0 Å². The van der Waals surface area contributed by atoms with E-state index in [-0.39, 0.29) is 17.1 Å². The van der Waals surface area contributed by atoms with Gasteiger partial charge in [0.15, 0.2) is 0 Å². The summed E-state index contributed by atoms with van der Waals surface area (Å²) < 4.78 is 59.2. The fourth-order valence-corrected chi connectivity index (χ4v) is 0. The number of halogens is 6. The van der Waals surface area contributed by atoms with Crippen LogP contribution in [0.2, 0.25) is 0 Å². The van der Waals surface area contributed by atoms with Crippen LogP contribution in [0.15, 0.2) is 0 Å². The first kappa shape index (κ1) is 36.0. The first-order valence-corrected chi connectivity index (χ1v) is 5.87. The fourth-order valence-electron chi connectivity index (χ4n) is 0. The maximum absolute atomic E-state index is 10.7. The van der Waals surface area contributed by atoms with Crippen molar-refractivity contribution in [1.29, 1.82) is 0 Å². The van der Waals surface area contributed by atoms with Crippen molar-refractivity contribution in [2.24, 2.45) is 0 Å². The fraction of sp³-hybridized carbons (Fsp3) is 0.500. The SMILES string of the molecule is F[P-](F)(F)(F)(F)F.[CH2-]C.[CH2-]C.[CH2-]C.[CH2-]C.[Cu]. The van der Waals surface area contributed by atoms with Crippen LogP contribution in [0.1, 0.15) is 27.7 Å². The van der Waals surface area contributed by atoms with Crippen molar-refractivity contribution in [2.45, 2.75) is 27.7 Å². The molecule has 0 N–H and O–H groups in total. The molecular weight excluding hydrogens is 305 g/mol. The van der Waals surface area contributed by atoms with E-state index in [1.165, 1.54) is 0 Å². The van der Waals surface area contributed by atoms with Gasteiger partial charge in [0.2, 0.25) is 0 Å². The molecule has 0 aliphatic rings. The summed E-state index contributed by atoms with van der Waals surface area (Å²) in [5, 5.41) is 0. The summed E-state index contributed by atoms with van der Waals surface area (Å²) >= 11 is 0. The molecule has 0 amide bonds. The van der Waals surface area contributed by atoms with Gasteiger partial charge in [-0.3, -0.25) is 0 Å². The average Bonchev–Trinajstić information content (AvgIpc) is 2.12. The molecule has 0 nitrogen and oxygen atoms in total. The Labute approximate surface area is 106 Å². The number of hydrogen-bond acceptors (Lipinski definition) is 0. The number of rotatable bonds is 0. The molecule has 0 aliphatic carbocycles. The van der Waals surface area contributed by atoms with E-state index in [9.17, 15) is 25.2 Å². The van der Waals surface area contributed by atoms with E-state index in [1.807, 2.05) is 0 Å². The standard InChI is InChI=1S/4C2H5.Cu.F6P/c4*1-2;;1-7(2,3,4,5)6/h4*1H2,2H3;;/q4*-1;;-1. The number of hydrogen-bond donors (Lipinski definition) is 0. The van der Waals surface area contributed by atoms with Crippen molar-refractivity contribution in [3.8, 4) is 0 Å². The van der Waals surface area contributed by atoms with Gasteiger partial charge in [-0.25, -0.2) is 0 Å². The molecule has 0 bridgehead atoms. The van der Waals surface area contributed by atoms with Crippen LogP contribution in [0.4, 0.5) is 25.2 Å². The topological polar surface area (TPSA) is 0 Å². The predicted molar refractivity (Wildman–Crippen MR) is 57.7 cm³/mol. The Balaban J connectivity index is -0.0000000238. The Morgan fingerprint density at radius 2 is 0.500 bits per heavy atom.